The van der Waals surface area contributed by atoms with E-state index in [-0.39, 0.29) is 11.7 Å². The summed E-state index contributed by atoms with van der Waals surface area (Å²) in [5.74, 6) is 1.23. The Morgan fingerprint density at radius 3 is 2.65 bits per heavy atom. The van der Waals surface area contributed by atoms with Crippen molar-refractivity contribution in [3.8, 4) is 17.3 Å². The third-order valence-electron chi connectivity index (χ3n) is 4.64. The fourth-order valence-corrected chi connectivity index (χ4v) is 4.01. The molecule has 8 heteroatoms. The number of carbonyl (C=O) groups excluding carboxylic acids is 1. The zero-order valence-corrected chi connectivity index (χ0v) is 17.1. The van der Waals surface area contributed by atoms with E-state index in [0.717, 1.165) is 22.3 Å². The molecule has 0 aliphatic heterocycles. The Bertz CT molecular complexity index is 1330. The van der Waals surface area contributed by atoms with E-state index in [9.17, 15) is 4.79 Å². The number of thioether (sulfide) groups is 1. The molecular weight excluding hydrogens is 410 g/mol. The minimum atomic E-state index is -0.136. The van der Waals surface area contributed by atoms with Crippen LogP contribution in [0, 0.1) is 0 Å². The van der Waals surface area contributed by atoms with Crippen molar-refractivity contribution in [2.45, 2.75) is 5.16 Å². The lowest BCUT2D eigenvalue weighted by Gasteiger charge is -2.10. The molecule has 3 heterocycles. The van der Waals surface area contributed by atoms with Gasteiger partial charge < -0.3 is 9.73 Å². The van der Waals surface area contributed by atoms with Gasteiger partial charge in [0.2, 0.25) is 11.7 Å². The SMILES string of the molecule is O=C(CSc1nnc(-c2ccco2)n1-c1ccccc1)Nc1ccnc2ccccc12. The lowest BCUT2D eigenvalue weighted by Crippen LogP contribution is -2.15. The summed E-state index contributed by atoms with van der Waals surface area (Å²) < 4.78 is 7.41. The number of hydrogen-bond donors (Lipinski definition) is 1. The number of para-hydroxylation sites is 2. The fraction of sp³-hybridized carbons (Fsp3) is 0.0435. The number of aromatic nitrogens is 4. The Morgan fingerprint density at radius 1 is 0.968 bits per heavy atom. The van der Waals surface area contributed by atoms with Gasteiger partial charge in [-0.1, -0.05) is 48.2 Å². The second-order valence-electron chi connectivity index (χ2n) is 6.67. The Hall–Kier alpha value is -3.91. The minimum absolute atomic E-state index is 0.136. The van der Waals surface area contributed by atoms with Gasteiger partial charge in [-0.2, -0.15) is 0 Å². The molecule has 0 bridgehead atoms. The molecule has 0 atom stereocenters. The molecule has 0 unspecified atom stereocenters. The lowest BCUT2D eigenvalue weighted by atomic mass is 10.2. The number of amides is 1. The second kappa shape index (κ2) is 8.45. The van der Waals surface area contributed by atoms with Gasteiger partial charge in [0.05, 0.1) is 23.2 Å². The zero-order valence-electron chi connectivity index (χ0n) is 16.3. The van der Waals surface area contributed by atoms with Crippen LogP contribution in [-0.4, -0.2) is 31.4 Å². The molecule has 7 nitrogen and oxygen atoms in total. The topological polar surface area (TPSA) is 85.8 Å². The van der Waals surface area contributed by atoms with Crippen molar-refractivity contribution in [1.29, 1.82) is 0 Å². The first kappa shape index (κ1) is 19.1. The average molecular weight is 427 g/mol. The second-order valence-corrected chi connectivity index (χ2v) is 7.61. The van der Waals surface area contributed by atoms with Crippen LogP contribution in [0.25, 0.3) is 28.2 Å². The van der Waals surface area contributed by atoms with E-state index in [1.165, 1.54) is 11.8 Å². The summed E-state index contributed by atoms with van der Waals surface area (Å²) in [6.45, 7) is 0. The van der Waals surface area contributed by atoms with Gasteiger partial charge in [-0.25, -0.2) is 0 Å². The van der Waals surface area contributed by atoms with Gasteiger partial charge in [-0.15, -0.1) is 10.2 Å². The molecule has 3 aromatic heterocycles. The maximum atomic E-state index is 12.7. The first-order chi connectivity index (χ1) is 15.3. The van der Waals surface area contributed by atoms with E-state index in [0.29, 0.717) is 16.7 Å². The number of furan rings is 1. The highest BCUT2D eigenvalue weighted by Gasteiger charge is 2.19. The van der Waals surface area contributed by atoms with Gasteiger partial charge in [0, 0.05) is 17.3 Å². The number of nitrogens with zero attached hydrogens (tertiary/aromatic N) is 4. The first-order valence-electron chi connectivity index (χ1n) is 9.61. The summed E-state index contributed by atoms with van der Waals surface area (Å²) in [5.41, 5.74) is 2.46. The third kappa shape index (κ3) is 3.93. The number of anilines is 1. The largest absolute Gasteiger partial charge is 0.461 e. The van der Waals surface area contributed by atoms with Crippen molar-refractivity contribution in [1.82, 2.24) is 19.7 Å². The quantitative estimate of drug-likeness (QED) is 0.392. The molecule has 1 N–H and O–H groups in total. The number of fused-ring (bicyclic) bond motifs is 1. The van der Waals surface area contributed by atoms with Gasteiger partial charge in [0.1, 0.15) is 0 Å². The maximum Gasteiger partial charge on any atom is 0.234 e. The molecule has 0 aliphatic carbocycles. The van der Waals surface area contributed by atoms with Crippen LogP contribution < -0.4 is 5.32 Å². The monoisotopic (exact) mass is 427 g/mol. The van der Waals surface area contributed by atoms with Crippen LogP contribution in [0.3, 0.4) is 0 Å². The average Bonchev–Trinajstić information content (AvgIpc) is 3.48. The highest BCUT2D eigenvalue weighted by Crippen LogP contribution is 2.28. The summed E-state index contributed by atoms with van der Waals surface area (Å²) in [7, 11) is 0. The minimum Gasteiger partial charge on any atom is -0.461 e. The molecule has 0 radical (unpaired) electrons. The van der Waals surface area contributed by atoms with Crippen molar-refractivity contribution >= 4 is 34.3 Å². The Kier molecular flexibility index (Phi) is 5.20. The summed E-state index contributed by atoms with van der Waals surface area (Å²) >= 11 is 1.31. The van der Waals surface area contributed by atoms with Crippen molar-refractivity contribution in [3.05, 3.63) is 85.3 Å². The highest BCUT2D eigenvalue weighted by molar-refractivity contribution is 7.99. The van der Waals surface area contributed by atoms with Crippen LogP contribution in [0.4, 0.5) is 5.69 Å². The number of hydrogen-bond acceptors (Lipinski definition) is 6. The van der Waals surface area contributed by atoms with E-state index in [4.69, 9.17) is 4.42 Å². The zero-order chi connectivity index (χ0) is 21.0. The number of pyridine rings is 1. The Balaban J connectivity index is 1.38. The normalized spacial score (nSPS) is 11.0. The van der Waals surface area contributed by atoms with Gasteiger partial charge in [0.15, 0.2) is 10.9 Å². The molecule has 0 saturated heterocycles. The smallest absolute Gasteiger partial charge is 0.234 e. The van der Waals surface area contributed by atoms with Crippen molar-refractivity contribution < 1.29 is 9.21 Å². The molecule has 0 spiro atoms. The number of rotatable bonds is 6. The molecule has 5 rings (SSSR count). The summed E-state index contributed by atoms with van der Waals surface area (Å²) in [5, 5.41) is 13.1. The molecule has 152 valence electrons. The van der Waals surface area contributed by atoms with E-state index in [1.54, 1.807) is 24.6 Å². The van der Waals surface area contributed by atoms with Gasteiger partial charge in [0.25, 0.3) is 0 Å². The van der Waals surface area contributed by atoms with Gasteiger partial charge >= 0.3 is 0 Å². The van der Waals surface area contributed by atoms with Gasteiger partial charge in [-0.05, 0) is 36.4 Å². The maximum absolute atomic E-state index is 12.7. The number of nitrogens with one attached hydrogen (secondary N) is 1. The summed E-state index contributed by atoms with van der Waals surface area (Å²) in [6.07, 6.45) is 3.28. The molecule has 5 aromatic rings. The lowest BCUT2D eigenvalue weighted by molar-refractivity contribution is -0.113. The van der Waals surface area contributed by atoms with Gasteiger partial charge in [-0.3, -0.25) is 14.3 Å². The third-order valence-corrected chi connectivity index (χ3v) is 5.57. The molecule has 1 amide bonds. The standard InChI is InChI=1S/C23H17N5O2S/c29-21(25-19-12-13-24-18-10-5-4-9-17(18)19)15-31-23-27-26-22(20-11-6-14-30-20)28(23)16-7-2-1-3-8-16/h1-14H,15H2,(H,24,25,29). The van der Waals surface area contributed by atoms with Crippen LogP contribution in [-0.2, 0) is 4.79 Å². The molecular formula is C23H17N5O2S. The van der Waals surface area contributed by atoms with E-state index in [2.05, 4.69) is 20.5 Å². The number of benzene rings is 2. The fourth-order valence-electron chi connectivity index (χ4n) is 3.26. The molecule has 2 aromatic carbocycles. The Labute approximate surface area is 182 Å². The van der Waals surface area contributed by atoms with Crippen LogP contribution >= 0.6 is 11.8 Å². The first-order valence-corrected chi connectivity index (χ1v) is 10.6. The molecule has 0 aliphatic rings. The van der Waals surface area contributed by atoms with E-state index < -0.39 is 0 Å². The van der Waals surface area contributed by atoms with Crippen LogP contribution in [0.15, 0.2) is 94.8 Å². The molecule has 0 fully saturated rings. The molecule has 31 heavy (non-hydrogen) atoms. The van der Waals surface area contributed by atoms with Crippen LogP contribution in [0.1, 0.15) is 0 Å². The summed E-state index contributed by atoms with van der Waals surface area (Å²) in [4.78, 5) is 17.0. The summed E-state index contributed by atoms with van der Waals surface area (Å²) in [6, 6.07) is 22.9. The molecule has 0 saturated carbocycles. The number of carbonyl (C=O) groups is 1. The van der Waals surface area contributed by atoms with Crippen molar-refractivity contribution in [2.75, 3.05) is 11.1 Å². The Morgan fingerprint density at radius 2 is 1.81 bits per heavy atom. The predicted molar refractivity (Wildman–Crippen MR) is 120 cm³/mol. The highest BCUT2D eigenvalue weighted by atomic mass is 32.2. The van der Waals surface area contributed by atoms with Crippen molar-refractivity contribution in [3.63, 3.8) is 0 Å². The van der Waals surface area contributed by atoms with Crippen LogP contribution in [0.2, 0.25) is 0 Å². The van der Waals surface area contributed by atoms with E-state index >= 15 is 0 Å². The predicted octanol–water partition coefficient (Wildman–Crippen LogP) is 4.81. The van der Waals surface area contributed by atoms with Crippen LogP contribution in [0.5, 0.6) is 0 Å². The van der Waals surface area contributed by atoms with Crippen molar-refractivity contribution in [2.24, 2.45) is 0 Å². The van der Waals surface area contributed by atoms with E-state index in [1.807, 2.05) is 65.2 Å².